The summed E-state index contributed by atoms with van der Waals surface area (Å²) in [5, 5.41) is 4.99. The van der Waals surface area contributed by atoms with Crippen molar-refractivity contribution in [3.63, 3.8) is 0 Å². The number of hydrogen-bond acceptors (Lipinski definition) is 2. The molecule has 4 aromatic carbocycles. The summed E-state index contributed by atoms with van der Waals surface area (Å²) in [6.07, 6.45) is 1.84. The first-order chi connectivity index (χ1) is 14.9. The van der Waals surface area contributed by atoms with Crippen molar-refractivity contribution in [1.29, 1.82) is 0 Å². The van der Waals surface area contributed by atoms with Gasteiger partial charge in [0.25, 0.3) is 0 Å². The van der Waals surface area contributed by atoms with E-state index < -0.39 is 5.54 Å². The average molecular weight is 387 g/mol. The molecule has 0 fully saturated rings. The van der Waals surface area contributed by atoms with Crippen molar-refractivity contribution in [1.82, 2.24) is 14.8 Å². The molecule has 3 nitrogen and oxygen atoms in total. The van der Waals surface area contributed by atoms with Gasteiger partial charge < -0.3 is 0 Å². The van der Waals surface area contributed by atoms with Gasteiger partial charge in [0.05, 0.1) is 0 Å². The maximum Gasteiger partial charge on any atom is 0.181 e. The molecular weight excluding hydrogens is 366 g/mol. The Kier molecular flexibility index (Phi) is 4.70. The first-order valence-corrected chi connectivity index (χ1v) is 10.0. The van der Waals surface area contributed by atoms with E-state index in [1.54, 1.807) is 0 Å². The molecule has 0 aliphatic rings. The van der Waals surface area contributed by atoms with E-state index in [2.05, 4.69) is 77.8 Å². The normalized spacial score (nSPS) is 11.3. The minimum absolute atomic E-state index is 0.635. The lowest BCUT2D eigenvalue weighted by Gasteiger charge is -2.35. The summed E-state index contributed by atoms with van der Waals surface area (Å²) in [5.74, 6) is 0.711. The minimum Gasteiger partial charge on any atom is -0.233 e. The van der Waals surface area contributed by atoms with Gasteiger partial charge in [0.1, 0.15) is 11.9 Å². The molecule has 0 amide bonds. The topological polar surface area (TPSA) is 30.7 Å². The number of aromatic nitrogens is 3. The van der Waals surface area contributed by atoms with Gasteiger partial charge in [0, 0.05) is 5.56 Å². The van der Waals surface area contributed by atoms with Gasteiger partial charge in [-0.1, -0.05) is 121 Å². The van der Waals surface area contributed by atoms with Crippen LogP contribution < -0.4 is 0 Å². The first kappa shape index (κ1) is 18.1. The zero-order valence-electron chi connectivity index (χ0n) is 16.5. The molecule has 0 N–H and O–H groups in total. The second-order valence-electron chi connectivity index (χ2n) is 7.19. The van der Waals surface area contributed by atoms with Crippen LogP contribution in [0.5, 0.6) is 0 Å². The van der Waals surface area contributed by atoms with Crippen LogP contribution in [0.4, 0.5) is 0 Å². The number of benzene rings is 4. The van der Waals surface area contributed by atoms with E-state index in [1.165, 1.54) is 0 Å². The van der Waals surface area contributed by atoms with Crippen LogP contribution in [-0.2, 0) is 5.54 Å². The number of nitrogens with zero attached hydrogens (tertiary/aromatic N) is 3. The van der Waals surface area contributed by atoms with E-state index in [9.17, 15) is 0 Å². The van der Waals surface area contributed by atoms with Crippen LogP contribution in [0.1, 0.15) is 16.7 Å². The van der Waals surface area contributed by atoms with E-state index in [0.717, 1.165) is 22.3 Å². The van der Waals surface area contributed by atoms with Gasteiger partial charge in [-0.25, -0.2) is 9.67 Å². The Hall–Kier alpha value is -3.98. The van der Waals surface area contributed by atoms with Crippen molar-refractivity contribution < 1.29 is 0 Å². The van der Waals surface area contributed by atoms with Crippen molar-refractivity contribution >= 4 is 0 Å². The molecule has 30 heavy (non-hydrogen) atoms. The van der Waals surface area contributed by atoms with Crippen LogP contribution in [0.3, 0.4) is 0 Å². The molecule has 1 heterocycles. The van der Waals surface area contributed by atoms with E-state index >= 15 is 0 Å². The third kappa shape index (κ3) is 3.01. The van der Waals surface area contributed by atoms with Gasteiger partial charge in [0.2, 0.25) is 0 Å². The lowest BCUT2D eigenvalue weighted by atomic mass is 9.77. The summed E-state index contributed by atoms with van der Waals surface area (Å²) < 4.78 is 2.00. The quantitative estimate of drug-likeness (QED) is 0.358. The van der Waals surface area contributed by atoms with E-state index in [0.29, 0.717) is 5.82 Å². The molecule has 3 heteroatoms. The smallest absolute Gasteiger partial charge is 0.181 e. The summed E-state index contributed by atoms with van der Waals surface area (Å²) in [7, 11) is 0. The van der Waals surface area contributed by atoms with E-state index in [-0.39, 0.29) is 0 Å². The predicted molar refractivity (Wildman–Crippen MR) is 120 cm³/mol. The third-order valence-corrected chi connectivity index (χ3v) is 5.44. The molecule has 0 atom stereocenters. The van der Waals surface area contributed by atoms with Gasteiger partial charge in [-0.3, -0.25) is 0 Å². The molecule has 0 radical (unpaired) electrons. The minimum atomic E-state index is -0.635. The van der Waals surface area contributed by atoms with Crippen LogP contribution in [0.15, 0.2) is 128 Å². The Morgan fingerprint density at radius 3 is 1.33 bits per heavy atom. The molecule has 5 aromatic rings. The molecule has 0 saturated heterocycles. The maximum atomic E-state index is 4.99. The van der Waals surface area contributed by atoms with Crippen molar-refractivity contribution in [3.05, 3.63) is 144 Å². The summed E-state index contributed by atoms with van der Waals surface area (Å²) in [6.45, 7) is 0. The van der Waals surface area contributed by atoms with Crippen molar-refractivity contribution in [2.75, 3.05) is 0 Å². The zero-order valence-corrected chi connectivity index (χ0v) is 16.5. The molecule has 1 aromatic heterocycles. The van der Waals surface area contributed by atoms with Gasteiger partial charge in [-0.15, -0.1) is 5.10 Å². The van der Waals surface area contributed by atoms with Crippen LogP contribution >= 0.6 is 0 Å². The van der Waals surface area contributed by atoms with Crippen molar-refractivity contribution in [2.24, 2.45) is 0 Å². The SMILES string of the molecule is c1ccc(-c2ncn(C(c3ccccc3)(c3ccccc3)c3ccccc3)n2)cc1. The largest absolute Gasteiger partial charge is 0.233 e. The Bertz CT molecular complexity index is 1120. The van der Waals surface area contributed by atoms with Crippen LogP contribution in [0, 0.1) is 0 Å². The number of rotatable bonds is 5. The lowest BCUT2D eigenvalue weighted by Crippen LogP contribution is -2.38. The molecule has 0 saturated carbocycles. The standard InChI is InChI=1S/C27H21N3/c1-5-13-22(14-6-1)26-28-21-30(29-26)27(23-15-7-2-8-16-23,24-17-9-3-10-18-24)25-19-11-4-12-20-25/h1-21H. The van der Waals surface area contributed by atoms with Crippen LogP contribution in [0.25, 0.3) is 11.4 Å². The van der Waals surface area contributed by atoms with Crippen LogP contribution in [0.2, 0.25) is 0 Å². The lowest BCUT2D eigenvalue weighted by molar-refractivity contribution is 0.459. The molecule has 0 bridgehead atoms. The van der Waals surface area contributed by atoms with Crippen LogP contribution in [-0.4, -0.2) is 14.8 Å². The van der Waals surface area contributed by atoms with E-state index in [4.69, 9.17) is 5.10 Å². The summed E-state index contributed by atoms with van der Waals surface area (Å²) >= 11 is 0. The zero-order chi connectivity index (χ0) is 20.2. The Morgan fingerprint density at radius 1 is 0.500 bits per heavy atom. The average Bonchev–Trinajstić information content (AvgIpc) is 3.33. The Balaban J connectivity index is 1.82. The monoisotopic (exact) mass is 387 g/mol. The molecule has 0 spiro atoms. The van der Waals surface area contributed by atoms with Gasteiger partial charge >= 0.3 is 0 Å². The Labute approximate surface area is 176 Å². The Morgan fingerprint density at radius 2 is 0.900 bits per heavy atom. The molecule has 0 unspecified atom stereocenters. The highest BCUT2D eigenvalue weighted by Crippen LogP contribution is 2.40. The van der Waals surface area contributed by atoms with Gasteiger partial charge in [-0.2, -0.15) is 0 Å². The van der Waals surface area contributed by atoms with E-state index in [1.807, 2.05) is 59.5 Å². The van der Waals surface area contributed by atoms with Gasteiger partial charge in [0.15, 0.2) is 5.82 Å². The summed E-state index contributed by atoms with van der Waals surface area (Å²) in [5.41, 5.74) is 3.76. The maximum absolute atomic E-state index is 4.99. The van der Waals surface area contributed by atoms with Crippen molar-refractivity contribution in [2.45, 2.75) is 5.54 Å². The highest BCUT2D eigenvalue weighted by Gasteiger charge is 2.39. The third-order valence-electron chi connectivity index (χ3n) is 5.44. The summed E-state index contributed by atoms with van der Waals surface area (Å²) in [4.78, 5) is 4.68. The fraction of sp³-hybridized carbons (Fsp3) is 0.0370. The second-order valence-corrected chi connectivity index (χ2v) is 7.19. The molecule has 5 rings (SSSR count). The molecular formula is C27H21N3. The number of hydrogen-bond donors (Lipinski definition) is 0. The van der Waals surface area contributed by atoms with Gasteiger partial charge in [-0.05, 0) is 16.7 Å². The first-order valence-electron chi connectivity index (χ1n) is 10.0. The highest BCUT2D eigenvalue weighted by atomic mass is 15.4. The predicted octanol–water partition coefficient (Wildman–Crippen LogP) is 5.79. The fourth-order valence-electron chi connectivity index (χ4n) is 4.08. The van der Waals surface area contributed by atoms with Crippen molar-refractivity contribution in [3.8, 4) is 11.4 Å². The highest BCUT2D eigenvalue weighted by molar-refractivity contribution is 5.55. The molecule has 144 valence electrons. The summed E-state index contributed by atoms with van der Waals surface area (Å²) in [6, 6.07) is 41.6. The second kappa shape index (κ2) is 7.80. The molecule has 0 aliphatic carbocycles. The fourth-order valence-corrected chi connectivity index (χ4v) is 4.08. The molecule has 0 aliphatic heterocycles.